The Morgan fingerprint density at radius 2 is 2.12 bits per heavy atom. The first-order chi connectivity index (χ1) is 7.58. The van der Waals surface area contributed by atoms with Crippen molar-refractivity contribution in [1.82, 2.24) is 15.2 Å². The lowest BCUT2D eigenvalue weighted by atomic mass is 10.4. The predicted octanol–water partition coefficient (Wildman–Crippen LogP) is 1.26. The molecule has 84 valence electrons. The van der Waals surface area contributed by atoms with Crippen LogP contribution in [-0.2, 0) is 10.0 Å². The van der Waals surface area contributed by atoms with Crippen molar-refractivity contribution in [1.29, 1.82) is 0 Å². The fourth-order valence-corrected chi connectivity index (χ4v) is 2.20. The van der Waals surface area contributed by atoms with E-state index in [0.29, 0.717) is 5.69 Å². The van der Waals surface area contributed by atoms with Crippen molar-refractivity contribution in [3.05, 3.63) is 35.7 Å². The van der Waals surface area contributed by atoms with E-state index in [1.54, 1.807) is 0 Å². The third-order valence-electron chi connectivity index (χ3n) is 1.74. The summed E-state index contributed by atoms with van der Waals surface area (Å²) in [6, 6.07) is 4.26. The van der Waals surface area contributed by atoms with Crippen LogP contribution in [0.5, 0.6) is 0 Å². The van der Waals surface area contributed by atoms with Crippen molar-refractivity contribution in [2.45, 2.75) is 5.03 Å². The van der Waals surface area contributed by atoms with Crippen LogP contribution in [0.4, 0.5) is 5.69 Å². The number of sulfonamides is 1. The molecule has 2 aromatic heterocycles. The van der Waals surface area contributed by atoms with Crippen molar-refractivity contribution in [3.8, 4) is 0 Å². The maximum absolute atomic E-state index is 11.7. The Hall–Kier alpha value is -1.60. The SMILES string of the molecule is O=S(=O)(Nc1ccnc(Cl)c1)c1ccn[nH]1. The minimum atomic E-state index is -3.64. The molecule has 6 nitrogen and oxygen atoms in total. The molecule has 2 rings (SSSR count). The van der Waals surface area contributed by atoms with Gasteiger partial charge >= 0.3 is 0 Å². The van der Waals surface area contributed by atoms with E-state index in [0.717, 1.165) is 0 Å². The first kappa shape index (κ1) is 10.9. The molecule has 0 atom stereocenters. The number of aromatic nitrogens is 3. The van der Waals surface area contributed by atoms with E-state index in [1.165, 1.54) is 30.6 Å². The molecule has 2 aromatic rings. The monoisotopic (exact) mass is 258 g/mol. The van der Waals surface area contributed by atoms with Gasteiger partial charge < -0.3 is 0 Å². The summed E-state index contributed by atoms with van der Waals surface area (Å²) in [5.41, 5.74) is 0.342. The second-order valence-electron chi connectivity index (χ2n) is 2.89. The summed E-state index contributed by atoms with van der Waals surface area (Å²) in [5, 5.41) is 6.13. The largest absolute Gasteiger partial charge is 0.278 e. The molecule has 0 bridgehead atoms. The van der Waals surface area contributed by atoms with E-state index < -0.39 is 10.0 Å². The Morgan fingerprint density at radius 3 is 2.75 bits per heavy atom. The van der Waals surface area contributed by atoms with Crippen LogP contribution in [0.15, 0.2) is 35.6 Å². The molecule has 0 saturated heterocycles. The number of nitrogens with one attached hydrogen (secondary N) is 2. The van der Waals surface area contributed by atoms with E-state index in [-0.39, 0.29) is 10.2 Å². The van der Waals surface area contributed by atoms with Crippen LogP contribution in [0.2, 0.25) is 5.15 Å². The lowest BCUT2D eigenvalue weighted by Crippen LogP contribution is -2.13. The zero-order valence-electron chi connectivity index (χ0n) is 7.88. The Labute approximate surface area is 96.7 Å². The molecule has 0 radical (unpaired) electrons. The average Bonchev–Trinajstić information content (AvgIpc) is 2.69. The van der Waals surface area contributed by atoms with Crippen LogP contribution >= 0.6 is 11.6 Å². The lowest BCUT2D eigenvalue weighted by Gasteiger charge is -2.05. The Morgan fingerprint density at radius 1 is 1.31 bits per heavy atom. The fourth-order valence-electron chi connectivity index (χ4n) is 1.07. The van der Waals surface area contributed by atoms with Crippen LogP contribution in [0, 0.1) is 0 Å². The molecule has 0 aliphatic heterocycles. The highest BCUT2D eigenvalue weighted by molar-refractivity contribution is 7.92. The number of aromatic amines is 1. The van der Waals surface area contributed by atoms with Gasteiger partial charge in [0.25, 0.3) is 10.0 Å². The molecule has 0 saturated carbocycles. The second-order valence-corrected chi connectivity index (χ2v) is 4.93. The predicted molar refractivity (Wildman–Crippen MR) is 58.6 cm³/mol. The summed E-state index contributed by atoms with van der Waals surface area (Å²) in [4.78, 5) is 3.74. The molecule has 0 fully saturated rings. The van der Waals surface area contributed by atoms with Gasteiger partial charge in [-0.1, -0.05) is 11.6 Å². The standard InChI is InChI=1S/C8H7ClN4O2S/c9-7-5-6(1-3-10-7)13-16(14,15)8-2-4-11-12-8/h1-5H,(H,10,13)(H,11,12). The van der Waals surface area contributed by atoms with Gasteiger partial charge in [0.2, 0.25) is 0 Å². The molecule has 0 aliphatic carbocycles. The van der Waals surface area contributed by atoms with Crippen molar-refractivity contribution in [3.63, 3.8) is 0 Å². The van der Waals surface area contributed by atoms with Crippen molar-refractivity contribution in [2.24, 2.45) is 0 Å². The number of hydrogen-bond acceptors (Lipinski definition) is 4. The summed E-state index contributed by atoms with van der Waals surface area (Å²) >= 11 is 5.63. The van der Waals surface area contributed by atoms with Gasteiger partial charge in [0.1, 0.15) is 5.15 Å². The summed E-state index contributed by atoms with van der Waals surface area (Å²) in [6.07, 6.45) is 2.77. The van der Waals surface area contributed by atoms with Crippen LogP contribution < -0.4 is 4.72 Å². The van der Waals surface area contributed by atoms with Crippen LogP contribution in [0.25, 0.3) is 0 Å². The Balaban J connectivity index is 2.29. The minimum absolute atomic E-state index is 0.0135. The maximum atomic E-state index is 11.7. The minimum Gasteiger partial charge on any atom is -0.278 e. The molecule has 2 N–H and O–H groups in total. The molecule has 0 unspecified atom stereocenters. The highest BCUT2D eigenvalue weighted by Gasteiger charge is 2.15. The van der Waals surface area contributed by atoms with Gasteiger partial charge in [-0.05, 0) is 18.2 Å². The van der Waals surface area contributed by atoms with E-state index in [4.69, 9.17) is 11.6 Å². The van der Waals surface area contributed by atoms with Crippen molar-refractivity contribution in [2.75, 3.05) is 4.72 Å². The third-order valence-corrected chi connectivity index (χ3v) is 3.26. The average molecular weight is 259 g/mol. The van der Waals surface area contributed by atoms with Gasteiger partial charge in [-0.2, -0.15) is 13.5 Å². The van der Waals surface area contributed by atoms with Gasteiger partial charge in [-0.3, -0.25) is 9.82 Å². The van der Waals surface area contributed by atoms with E-state index in [9.17, 15) is 8.42 Å². The van der Waals surface area contributed by atoms with Crippen LogP contribution in [0.3, 0.4) is 0 Å². The topological polar surface area (TPSA) is 87.7 Å². The van der Waals surface area contributed by atoms with Gasteiger partial charge in [0.15, 0.2) is 5.03 Å². The number of hydrogen-bond donors (Lipinski definition) is 2. The molecule has 0 aromatic carbocycles. The molecule has 0 aliphatic rings. The van der Waals surface area contributed by atoms with Crippen molar-refractivity contribution >= 4 is 27.3 Å². The van der Waals surface area contributed by atoms with Gasteiger partial charge in [-0.15, -0.1) is 0 Å². The van der Waals surface area contributed by atoms with Gasteiger partial charge in [0, 0.05) is 6.20 Å². The first-order valence-corrected chi connectivity index (χ1v) is 6.08. The molecule has 16 heavy (non-hydrogen) atoms. The fraction of sp³-hybridized carbons (Fsp3) is 0. The highest BCUT2D eigenvalue weighted by Crippen LogP contribution is 2.16. The Bertz CT molecular complexity index is 582. The number of pyridine rings is 1. The summed E-state index contributed by atoms with van der Waals surface area (Å²) < 4.78 is 25.8. The molecule has 0 spiro atoms. The Kier molecular flexibility index (Phi) is 2.80. The normalized spacial score (nSPS) is 11.3. The zero-order chi connectivity index (χ0) is 11.6. The first-order valence-electron chi connectivity index (χ1n) is 4.22. The molecular weight excluding hydrogens is 252 g/mol. The molecule has 2 heterocycles. The number of rotatable bonds is 3. The number of H-pyrrole nitrogens is 1. The number of halogens is 1. The molecule has 8 heteroatoms. The van der Waals surface area contributed by atoms with Gasteiger partial charge in [-0.25, -0.2) is 4.98 Å². The zero-order valence-corrected chi connectivity index (χ0v) is 9.46. The quantitative estimate of drug-likeness (QED) is 0.812. The number of anilines is 1. The van der Waals surface area contributed by atoms with Crippen LogP contribution in [-0.4, -0.2) is 23.6 Å². The molecular formula is C8H7ClN4O2S. The smallest absolute Gasteiger partial charge is 0.278 e. The van der Waals surface area contributed by atoms with E-state index >= 15 is 0 Å². The summed E-state index contributed by atoms with van der Waals surface area (Å²) in [7, 11) is -3.64. The highest BCUT2D eigenvalue weighted by atomic mass is 35.5. The second kappa shape index (κ2) is 4.11. The number of nitrogens with zero attached hydrogens (tertiary/aromatic N) is 2. The maximum Gasteiger partial charge on any atom is 0.278 e. The van der Waals surface area contributed by atoms with Crippen molar-refractivity contribution < 1.29 is 8.42 Å². The summed E-state index contributed by atoms with van der Waals surface area (Å²) in [6.45, 7) is 0. The van der Waals surface area contributed by atoms with E-state index in [2.05, 4.69) is 19.9 Å². The van der Waals surface area contributed by atoms with Gasteiger partial charge in [0.05, 0.1) is 11.9 Å². The van der Waals surface area contributed by atoms with Crippen LogP contribution in [0.1, 0.15) is 0 Å². The molecule has 0 amide bonds. The summed E-state index contributed by atoms with van der Waals surface area (Å²) in [5.74, 6) is 0. The lowest BCUT2D eigenvalue weighted by molar-refractivity contribution is 0.597. The van der Waals surface area contributed by atoms with E-state index in [1.807, 2.05) is 0 Å². The third kappa shape index (κ3) is 2.31.